The van der Waals surface area contributed by atoms with Gasteiger partial charge in [-0.25, -0.2) is 8.42 Å². The zero-order valence-electron chi connectivity index (χ0n) is 18.5. The van der Waals surface area contributed by atoms with Crippen molar-refractivity contribution in [3.05, 3.63) is 41.5 Å². The Balaban J connectivity index is 0.000000749. The molecule has 1 aliphatic rings. The van der Waals surface area contributed by atoms with Gasteiger partial charge in [0.25, 0.3) is 0 Å². The summed E-state index contributed by atoms with van der Waals surface area (Å²) in [5, 5.41) is 0. The number of hydrogen-bond donors (Lipinski definition) is 0. The Hall–Kier alpha value is -0.703. The highest BCUT2D eigenvalue weighted by Gasteiger charge is 2.30. The Morgan fingerprint density at radius 1 is 1.24 bits per heavy atom. The summed E-state index contributed by atoms with van der Waals surface area (Å²) < 4.78 is 30.8. The molecule has 0 N–H and O–H groups in total. The van der Waals surface area contributed by atoms with Crippen molar-refractivity contribution < 1.29 is 17.6 Å². The van der Waals surface area contributed by atoms with Crippen molar-refractivity contribution in [3.63, 3.8) is 0 Å². The van der Waals surface area contributed by atoms with E-state index in [-0.39, 0.29) is 11.5 Å². The molecule has 1 fully saturated rings. The molecule has 1 aromatic carbocycles. The molecular formula is C21H36ClNO4SSi. The number of hydrogen-bond acceptors (Lipinski definition) is 5. The van der Waals surface area contributed by atoms with E-state index in [0.717, 1.165) is 39.1 Å². The van der Waals surface area contributed by atoms with E-state index >= 15 is 0 Å². The number of rotatable bonds is 6. The monoisotopic (exact) mass is 461 g/mol. The summed E-state index contributed by atoms with van der Waals surface area (Å²) in [7, 11) is 0.175. The molecule has 2 rings (SSSR count). The van der Waals surface area contributed by atoms with Crippen LogP contribution in [0.15, 0.2) is 35.9 Å². The maximum atomic E-state index is 9.40. The highest BCUT2D eigenvalue weighted by Crippen LogP contribution is 2.30. The summed E-state index contributed by atoms with van der Waals surface area (Å²) in [5.74, 6) is 0. The first kappa shape index (κ1) is 26.3. The first-order valence-electron chi connectivity index (χ1n) is 9.97. The van der Waals surface area contributed by atoms with Crippen molar-refractivity contribution in [1.29, 1.82) is 0 Å². The van der Waals surface area contributed by atoms with Gasteiger partial charge < -0.3 is 9.16 Å². The Morgan fingerprint density at radius 3 is 2.21 bits per heavy atom. The molecule has 0 spiro atoms. The van der Waals surface area contributed by atoms with Crippen molar-refractivity contribution >= 4 is 34.8 Å². The number of morpholine rings is 1. The van der Waals surface area contributed by atoms with E-state index in [9.17, 15) is 8.42 Å². The van der Waals surface area contributed by atoms with Gasteiger partial charge in [-0.15, -0.1) is 0 Å². The quantitative estimate of drug-likeness (QED) is 0.473. The smallest absolute Gasteiger partial charge is 0.229 e. The predicted molar refractivity (Wildman–Crippen MR) is 126 cm³/mol. The third-order valence-corrected chi connectivity index (χ3v) is 5.01. The molecule has 0 aromatic heterocycles. The summed E-state index contributed by atoms with van der Waals surface area (Å²) in [6.07, 6.45) is 3.42. The largest absolute Gasteiger partial charge is 0.413 e. The Morgan fingerprint density at radius 2 is 1.76 bits per heavy atom. The lowest BCUT2D eigenvalue weighted by Gasteiger charge is -2.37. The fraction of sp³-hybridized carbons (Fsp3) is 0.619. The van der Waals surface area contributed by atoms with Crippen LogP contribution in [0.4, 0.5) is 0 Å². The van der Waals surface area contributed by atoms with Gasteiger partial charge in [-0.3, -0.25) is 4.90 Å². The lowest BCUT2D eigenvalue weighted by molar-refractivity contribution is 0.0362. The lowest BCUT2D eigenvalue weighted by Crippen LogP contribution is -2.42. The molecule has 166 valence electrons. The standard InChI is InChI=1S/C20H33NO2Si.CH3ClO2S/c1-20(2,3)19(23-24(4)5)18(15-17-9-7-6-8-10-17)16-21-11-13-22-14-12-21;1-5(2,3)4/h6-10,15,19,24H,11-14,16H2,1-5H3;1H3/b18-15+;. The average Bonchev–Trinajstić information content (AvgIpc) is 2.58. The molecule has 5 nitrogen and oxygen atoms in total. The molecule has 0 saturated carbocycles. The molecule has 0 aliphatic carbocycles. The average molecular weight is 462 g/mol. The van der Waals surface area contributed by atoms with Gasteiger partial charge in [-0.2, -0.15) is 0 Å². The van der Waals surface area contributed by atoms with Crippen molar-refractivity contribution in [2.24, 2.45) is 5.41 Å². The summed E-state index contributed by atoms with van der Waals surface area (Å²) >= 11 is 0. The first-order chi connectivity index (χ1) is 13.4. The van der Waals surface area contributed by atoms with Crippen molar-refractivity contribution in [1.82, 2.24) is 4.90 Å². The minimum absolute atomic E-state index is 0.0875. The number of halogens is 1. The number of ether oxygens (including phenoxy) is 1. The molecule has 1 aromatic rings. The third-order valence-electron chi connectivity index (χ3n) is 4.19. The van der Waals surface area contributed by atoms with E-state index in [4.69, 9.17) is 9.16 Å². The molecule has 0 bridgehead atoms. The third kappa shape index (κ3) is 12.6. The number of nitrogens with zero attached hydrogens (tertiary/aromatic N) is 1. The molecule has 1 atom stereocenters. The van der Waals surface area contributed by atoms with Crippen LogP contribution in [0.25, 0.3) is 6.08 Å². The lowest BCUT2D eigenvalue weighted by atomic mass is 9.83. The highest BCUT2D eigenvalue weighted by molar-refractivity contribution is 8.13. The SMILES string of the molecule is CS(=O)(=O)Cl.C[SiH](C)OC(/C(=C/c1ccccc1)CN1CCOCC1)C(C)(C)C. The second-order valence-electron chi connectivity index (χ2n) is 8.63. The van der Waals surface area contributed by atoms with Gasteiger partial charge in [0, 0.05) is 30.3 Å². The molecule has 1 aliphatic heterocycles. The van der Waals surface area contributed by atoms with Gasteiger partial charge in [0.05, 0.1) is 25.6 Å². The molecule has 1 unspecified atom stereocenters. The Bertz CT molecular complexity index is 719. The maximum absolute atomic E-state index is 9.40. The van der Waals surface area contributed by atoms with Crippen LogP contribution in [-0.2, 0) is 18.2 Å². The predicted octanol–water partition coefficient (Wildman–Crippen LogP) is 4.00. The number of benzene rings is 1. The van der Waals surface area contributed by atoms with Crippen LogP contribution in [0.2, 0.25) is 13.1 Å². The second kappa shape index (κ2) is 12.2. The van der Waals surface area contributed by atoms with Gasteiger partial charge in [0.1, 0.15) is 0 Å². The summed E-state index contributed by atoms with van der Waals surface area (Å²) in [4.78, 5) is 2.49. The van der Waals surface area contributed by atoms with E-state index in [1.54, 1.807) is 0 Å². The van der Waals surface area contributed by atoms with Crippen LogP contribution in [0, 0.1) is 5.41 Å². The summed E-state index contributed by atoms with van der Waals surface area (Å²) in [5.41, 5.74) is 2.73. The van der Waals surface area contributed by atoms with Gasteiger partial charge in [0.15, 0.2) is 9.04 Å². The van der Waals surface area contributed by atoms with Gasteiger partial charge in [-0.05, 0) is 29.6 Å². The molecule has 1 saturated heterocycles. The fourth-order valence-electron chi connectivity index (χ4n) is 3.10. The van der Waals surface area contributed by atoms with Crippen LogP contribution in [-0.4, -0.2) is 67.6 Å². The van der Waals surface area contributed by atoms with E-state index in [1.165, 1.54) is 11.1 Å². The van der Waals surface area contributed by atoms with E-state index < -0.39 is 18.1 Å². The molecule has 0 radical (unpaired) electrons. The zero-order valence-corrected chi connectivity index (χ0v) is 21.2. The van der Waals surface area contributed by atoms with Gasteiger partial charge in [-0.1, -0.05) is 57.2 Å². The van der Waals surface area contributed by atoms with Crippen LogP contribution in [0.3, 0.4) is 0 Å². The first-order valence-corrected chi connectivity index (χ1v) is 15.5. The van der Waals surface area contributed by atoms with Crippen LogP contribution < -0.4 is 0 Å². The summed E-state index contributed by atoms with van der Waals surface area (Å²) in [6.45, 7) is 16.0. The Kier molecular flexibility index (Phi) is 11.1. The molecule has 0 amide bonds. The van der Waals surface area contributed by atoms with Crippen molar-refractivity contribution in [3.8, 4) is 0 Å². The maximum Gasteiger partial charge on any atom is 0.229 e. The minimum atomic E-state index is -3.19. The Labute approximate surface area is 183 Å². The van der Waals surface area contributed by atoms with Crippen LogP contribution >= 0.6 is 10.7 Å². The molecule has 1 heterocycles. The minimum Gasteiger partial charge on any atom is -0.413 e. The highest BCUT2D eigenvalue weighted by atomic mass is 35.7. The van der Waals surface area contributed by atoms with Crippen molar-refractivity contribution in [2.45, 2.75) is 40.0 Å². The zero-order chi connectivity index (χ0) is 22.1. The molecular weight excluding hydrogens is 426 g/mol. The topological polar surface area (TPSA) is 55.8 Å². The van der Waals surface area contributed by atoms with E-state index in [2.05, 4.69) is 85.9 Å². The van der Waals surface area contributed by atoms with Gasteiger partial charge >= 0.3 is 0 Å². The summed E-state index contributed by atoms with van der Waals surface area (Å²) in [6, 6.07) is 10.6. The van der Waals surface area contributed by atoms with E-state index in [1.807, 2.05) is 0 Å². The van der Waals surface area contributed by atoms with Crippen LogP contribution in [0.5, 0.6) is 0 Å². The van der Waals surface area contributed by atoms with E-state index in [0.29, 0.717) is 0 Å². The van der Waals surface area contributed by atoms with Crippen molar-refractivity contribution in [2.75, 3.05) is 39.1 Å². The molecule has 8 heteroatoms. The van der Waals surface area contributed by atoms with Gasteiger partial charge in [0.2, 0.25) is 9.05 Å². The normalized spacial score (nSPS) is 17.6. The second-order valence-corrected chi connectivity index (χ2v) is 14.0. The molecule has 29 heavy (non-hydrogen) atoms. The fourth-order valence-corrected chi connectivity index (χ4v) is 4.23. The van der Waals surface area contributed by atoms with Crippen LogP contribution in [0.1, 0.15) is 26.3 Å².